The molecule has 4 N–H and O–H groups in total. The maximum Gasteiger partial charge on any atom is 0.337 e. The van der Waals surface area contributed by atoms with Crippen LogP contribution < -0.4 is 11.1 Å². The van der Waals surface area contributed by atoms with Crippen molar-refractivity contribution in [3.63, 3.8) is 0 Å². The van der Waals surface area contributed by atoms with E-state index in [0.717, 1.165) is 18.8 Å². The number of nitrogens with one attached hydrogen (secondary N) is 1. The van der Waals surface area contributed by atoms with Gasteiger partial charge in [0.15, 0.2) is 0 Å². The number of nitrogens with two attached hydrogens (primary N) is 1. The fourth-order valence-electron chi connectivity index (χ4n) is 1.28. The van der Waals surface area contributed by atoms with Crippen molar-refractivity contribution in [2.75, 3.05) is 38.2 Å². The van der Waals surface area contributed by atoms with E-state index < -0.39 is 5.97 Å². The molecule has 0 aliphatic rings. The molecular formula is C11H17N3O2. The van der Waals surface area contributed by atoms with Crippen molar-refractivity contribution >= 4 is 17.3 Å². The Morgan fingerprint density at radius 1 is 1.50 bits per heavy atom. The molecule has 16 heavy (non-hydrogen) atoms. The van der Waals surface area contributed by atoms with Crippen molar-refractivity contribution in [1.29, 1.82) is 0 Å². The standard InChI is InChI=1S/C11H17N3O2/c1-14(2)6-5-13-8-3-4-10(12)9(7-8)11(15)16/h3-4,7,13H,5-6,12H2,1-2H3,(H,15,16). The van der Waals surface area contributed by atoms with Crippen molar-refractivity contribution < 1.29 is 9.90 Å². The van der Waals surface area contributed by atoms with Gasteiger partial charge in [0.1, 0.15) is 0 Å². The highest BCUT2D eigenvalue weighted by Crippen LogP contribution is 2.17. The number of likely N-dealkylation sites (N-methyl/N-ethyl adjacent to an activating group) is 1. The zero-order valence-corrected chi connectivity index (χ0v) is 9.53. The van der Waals surface area contributed by atoms with Gasteiger partial charge in [-0.1, -0.05) is 0 Å². The number of rotatable bonds is 5. The van der Waals surface area contributed by atoms with Gasteiger partial charge in [-0.3, -0.25) is 0 Å². The maximum atomic E-state index is 10.8. The lowest BCUT2D eigenvalue weighted by atomic mass is 10.1. The smallest absolute Gasteiger partial charge is 0.337 e. The second-order valence-electron chi connectivity index (χ2n) is 3.84. The summed E-state index contributed by atoms with van der Waals surface area (Å²) in [5, 5.41) is 12.0. The van der Waals surface area contributed by atoms with E-state index in [0.29, 0.717) is 0 Å². The Morgan fingerprint density at radius 3 is 2.75 bits per heavy atom. The molecule has 1 rings (SSSR count). The number of aromatic carboxylic acids is 1. The number of carboxylic acids is 1. The largest absolute Gasteiger partial charge is 0.478 e. The lowest BCUT2D eigenvalue weighted by Crippen LogP contribution is -2.20. The Balaban J connectivity index is 2.68. The third-order valence-corrected chi connectivity index (χ3v) is 2.17. The van der Waals surface area contributed by atoms with Gasteiger partial charge in [-0.2, -0.15) is 0 Å². The van der Waals surface area contributed by atoms with Crippen LogP contribution >= 0.6 is 0 Å². The van der Waals surface area contributed by atoms with Crippen LogP contribution in [0.25, 0.3) is 0 Å². The van der Waals surface area contributed by atoms with Gasteiger partial charge in [0.25, 0.3) is 0 Å². The number of anilines is 2. The average molecular weight is 223 g/mol. The highest BCUT2D eigenvalue weighted by atomic mass is 16.4. The molecule has 0 unspecified atom stereocenters. The van der Waals surface area contributed by atoms with Crippen molar-refractivity contribution in [1.82, 2.24) is 4.90 Å². The van der Waals surface area contributed by atoms with Crippen LogP contribution in [0.5, 0.6) is 0 Å². The van der Waals surface area contributed by atoms with Gasteiger partial charge in [0, 0.05) is 24.5 Å². The van der Waals surface area contributed by atoms with E-state index in [4.69, 9.17) is 10.8 Å². The molecule has 0 aliphatic heterocycles. The molecule has 5 nitrogen and oxygen atoms in total. The number of carboxylic acid groups (broad SMARTS) is 1. The van der Waals surface area contributed by atoms with Crippen LogP contribution in [-0.4, -0.2) is 43.2 Å². The zero-order chi connectivity index (χ0) is 12.1. The molecule has 1 aromatic rings. The summed E-state index contributed by atoms with van der Waals surface area (Å²) in [5.74, 6) is -1.01. The SMILES string of the molecule is CN(C)CCNc1ccc(N)c(C(=O)O)c1. The van der Waals surface area contributed by atoms with Gasteiger partial charge < -0.3 is 21.1 Å². The molecule has 0 radical (unpaired) electrons. The lowest BCUT2D eigenvalue weighted by Gasteiger charge is -2.12. The maximum absolute atomic E-state index is 10.8. The summed E-state index contributed by atoms with van der Waals surface area (Å²) < 4.78 is 0. The average Bonchev–Trinajstić information content (AvgIpc) is 2.19. The highest BCUT2D eigenvalue weighted by molar-refractivity contribution is 5.94. The van der Waals surface area contributed by atoms with E-state index in [1.807, 2.05) is 19.0 Å². The number of nitrogens with zero attached hydrogens (tertiary/aromatic N) is 1. The molecule has 0 aromatic heterocycles. The fourth-order valence-corrected chi connectivity index (χ4v) is 1.28. The molecule has 0 aliphatic carbocycles. The van der Waals surface area contributed by atoms with Gasteiger partial charge >= 0.3 is 5.97 Å². The van der Waals surface area contributed by atoms with E-state index in [2.05, 4.69) is 5.32 Å². The summed E-state index contributed by atoms with van der Waals surface area (Å²) in [6, 6.07) is 4.92. The molecule has 0 heterocycles. The van der Waals surface area contributed by atoms with E-state index in [1.54, 1.807) is 18.2 Å². The molecular weight excluding hydrogens is 206 g/mol. The molecule has 1 aromatic carbocycles. The van der Waals surface area contributed by atoms with Crippen LogP contribution in [0.4, 0.5) is 11.4 Å². The molecule has 0 saturated carbocycles. The van der Waals surface area contributed by atoms with E-state index in [9.17, 15) is 4.79 Å². The third-order valence-electron chi connectivity index (χ3n) is 2.17. The number of carbonyl (C=O) groups is 1. The minimum absolute atomic E-state index is 0.134. The summed E-state index contributed by atoms with van der Waals surface area (Å²) in [6.45, 7) is 1.64. The van der Waals surface area contributed by atoms with Crippen molar-refractivity contribution in [3.05, 3.63) is 23.8 Å². The number of hydrogen-bond donors (Lipinski definition) is 3. The van der Waals surface area contributed by atoms with Gasteiger partial charge in [-0.05, 0) is 32.3 Å². The Labute approximate surface area is 94.9 Å². The number of benzene rings is 1. The Morgan fingerprint density at radius 2 is 2.19 bits per heavy atom. The fraction of sp³-hybridized carbons (Fsp3) is 0.364. The zero-order valence-electron chi connectivity index (χ0n) is 9.53. The minimum atomic E-state index is -1.01. The Hall–Kier alpha value is -1.75. The van der Waals surface area contributed by atoms with Crippen LogP contribution in [-0.2, 0) is 0 Å². The van der Waals surface area contributed by atoms with Crippen LogP contribution in [0.15, 0.2) is 18.2 Å². The summed E-state index contributed by atoms with van der Waals surface area (Å²) >= 11 is 0. The quantitative estimate of drug-likeness (QED) is 0.647. The first kappa shape index (κ1) is 12.3. The summed E-state index contributed by atoms with van der Waals surface area (Å²) in [5.41, 5.74) is 6.74. The molecule has 0 saturated heterocycles. The van der Waals surface area contributed by atoms with Crippen LogP contribution in [0, 0.1) is 0 Å². The number of nitrogen functional groups attached to an aromatic ring is 1. The van der Waals surface area contributed by atoms with Crippen LogP contribution in [0.3, 0.4) is 0 Å². The first-order valence-electron chi connectivity index (χ1n) is 5.02. The third kappa shape index (κ3) is 3.43. The summed E-state index contributed by atoms with van der Waals surface area (Å²) in [4.78, 5) is 12.9. The second-order valence-corrected chi connectivity index (χ2v) is 3.84. The Kier molecular flexibility index (Phi) is 4.13. The molecule has 0 bridgehead atoms. The van der Waals surface area contributed by atoms with Gasteiger partial charge in [0.05, 0.1) is 5.56 Å². The van der Waals surface area contributed by atoms with Crippen LogP contribution in [0.2, 0.25) is 0 Å². The van der Waals surface area contributed by atoms with Crippen molar-refractivity contribution in [3.8, 4) is 0 Å². The molecule has 5 heteroatoms. The molecule has 0 atom stereocenters. The number of hydrogen-bond acceptors (Lipinski definition) is 4. The monoisotopic (exact) mass is 223 g/mol. The Bertz CT molecular complexity index is 377. The van der Waals surface area contributed by atoms with Crippen molar-refractivity contribution in [2.45, 2.75) is 0 Å². The predicted octanol–water partition coefficient (Wildman–Crippen LogP) is 0.941. The van der Waals surface area contributed by atoms with Crippen LogP contribution in [0.1, 0.15) is 10.4 Å². The predicted molar refractivity (Wildman–Crippen MR) is 64.9 cm³/mol. The first-order chi connectivity index (χ1) is 7.50. The minimum Gasteiger partial charge on any atom is -0.478 e. The van der Waals surface area contributed by atoms with Crippen molar-refractivity contribution in [2.24, 2.45) is 0 Å². The summed E-state index contributed by atoms with van der Waals surface area (Å²) in [6.07, 6.45) is 0. The molecule has 0 spiro atoms. The summed E-state index contributed by atoms with van der Waals surface area (Å²) in [7, 11) is 3.96. The molecule has 0 fully saturated rings. The molecule has 88 valence electrons. The topological polar surface area (TPSA) is 78.6 Å². The lowest BCUT2D eigenvalue weighted by molar-refractivity contribution is 0.0698. The normalized spacial score (nSPS) is 10.4. The van der Waals surface area contributed by atoms with E-state index in [-0.39, 0.29) is 11.3 Å². The first-order valence-corrected chi connectivity index (χ1v) is 5.02. The van der Waals surface area contributed by atoms with Gasteiger partial charge in [-0.15, -0.1) is 0 Å². The highest BCUT2D eigenvalue weighted by Gasteiger charge is 2.08. The molecule has 0 amide bonds. The van der Waals surface area contributed by atoms with E-state index >= 15 is 0 Å². The van der Waals surface area contributed by atoms with Gasteiger partial charge in [-0.25, -0.2) is 4.79 Å². The second kappa shape index (κ2) is 5.37. The van der Waals surface area contributed by atoms with E-state index in [1.165, 1.54) is 0 Å². The van der Waals surface area contributed by atoms with Gasteiger partial charge in [0.2, 0.25) is 0 Å².